The maximum atomic E-state index is 12.2. The van der Waals surface area contributed by atoms with Crippen LogP contribution in [-0.4, -0.2) is 17.4 Å². The van der Waals surface area contributed by atoms with E-state index in [1.807, 2.05) is 86.6 Å². The molecular weight excluding hydrogens is 416 g/mol. The van der Waals surface area contributed by atoms with Crippen LogP contribution in [0.4, 0.5) is 0 Å². The molecule has 0 bridgehead atoms. The average molecular weight is 439 g/mol. The molecule has 0 heterocycles. The highest BCUT2D eigenvalue weighted by atomic mass is 35.5. The van der Waals surface area contributed by atoms with Crippen molar-refractivity contribution in [1.82, 2.24) is 5.43 Å². The van der Waals surface area contributed by atoms with Crippen molar-refractivity contribution in [3.8, 4) is 5.75 Å². The van der Waals surface area contributed by atoms with E-state index in [-0.39, 0.29) is 11.2 Å². The van der Waals surface area contributed by atoms with Crippen molar-refractivity contribution in [3.63, 3.8) is 0 Å². The first-order chi connectivity index (χ1) is 14.5. The van der Waals surface area contributed by atoms with Gasteiger partial charge in [-0.05, 0) is 73.5 Å². The van der Waals surface area contributed by atoms with Crippen molar-refractivity contribution >= 4 is 35.5 Å². The summed E-state index contributed by atoms with van der Waals surface area (Å²) in [7, 11) is 0. The Hall–Kier alpha value is -2.76. The lowest BCUT2D eigenvalue weighted by molar-refractivity contribution is -0.120. The first kappa shape index (κ1) is 21.9. The molecule has 0 aromatic heterocycles. The van der Waals surface area contributed by atoms with Crippen LogP contribution in [0.25, 0.3) is 0 Å². The standard InChI is InChI=1S/C24H23ClN2O2S/c1-17-3-13-23(14-4-17)30-18(2)24(28)27-26-15-19-7-11-22(12-8-19)29-16-20-5-9-21(25)10-6-20/h3-15,18H,16H2,1-2H3,(H,27,28)/b26-15-/t18-/m0/s1. The highest BCUT2D eigenvalue weighted by Crippen LogP contribution is 2.23. The summed E-state index contributed by atoms with van der Waals surface area (Å²) in [6.45, 7) is 4.37. The van der Waals surface area contributed by atoms with Crippen molar-refractivity contribution in [2.45, 2.75) is 30.6 Å². The summed E-state index contributed by atoms with van der Waals surface area (Å²) < 4.78 is 5.76. The molecule has 3 aromatic rings. The zero-order valence-corrected chi connectivity index (χ0v) is 18.4. The van der Waals surface area contributed by atoms with Gasteiger partial charge in [-0.25, -0.2) is 5.43 Å². The Bertz CT molecular complexity index is 987. The van der Waals surface area contributed by atoms with E-state index in [9.17, 15) is 4.79 Å². The minimum Gasteiger partial charge on any atom is -0.489 e. The number of ether oxygens (including phenoxy) is 1. The van der Waals surface area contributed by atoms with Gasteiger partial charge in [0.25, 0.3) is 5.91 Å². The molecule has 0 radical (unpaired) electrons. The lowest BCUT2D eigenvalue weighted by atomic mass is 10.2. The van der Waals surface area contributed by atoms with E-state index in [1.165, 1.54) is 17.3 Å². The number of thioether (sulfide) groups is 1. The molecule has 0 saturated heterocycles. The quantitative estimate of drug-likeness (QED) is 0.272. The van der Waals surface area contributed by atoms with Gasteiger partial charge in [-0.3, -0.25) is 4.79 Å². The fraction of sp³-hybridized carbons (Fsp3) is 0.167. The van der Waals surface area contributed by atoms with Gasteiger partial charge < -0.3 is 4.74 Å². The topological polar surface area (TPSA) is 50.7 Å². The van der Waals surface area contributed by atoms with Crippen LogP contribution >= 0.6 is 23.4 Å². The van der Waals surface area contributed by atoms with Gasteiger partial charge in [0.05, 0.1) is 11.5 Å². The number of hydrogen-bond acceptors (Lipinski definition) is 4. The number of hydrogen-bond donors (Lipinski definition) is 1. The molecule has 1 atom stereocenters. The van der Waals surface area contributed by atoms with Gasteiger partial charge >= 0.3 is 0 Å². The third-order valence-electron chi connectivity index (χ3n) is 4.29. The monoisotopic (exact) mass is 438 g/mol. The number of rotatable bonds is 8. The average Bonchev–Trinajstić information content (AvgIpc) is 2.76. The fourth-order valence-electron chi connectivity index (χ4n) is 2.53. The van der Waals surface area contributed by atoms with Gasteiger partial charge in [0.15, 0.2) is 0 Å². The molecule has 4 nitrogen and oxygen atoms in total. The molecule has 0 aliphatic rings. The number of aryl methyl sites for hydroxylation is 1. The van der Waals surface area contributed by atoms with Crippen LogP contribution in [0.15, 0.2) is 82.8 Å². The molecule has 0 fully saturated rings. The second-order valence-corrected chi connectivity index (χ2v) is 8.64. The van der Waals surface area contributed by atoms with E-state index in [0.29, 0.717) is 11.6 Å². The Kier molecular flexibility index (Phi) is 7.94. The molecule has 3 rings (SSSR count). The summed E-state index contributed by atoms with van der Waals surface area (Å²) in [5.74, 6) is 0.619. The number of amides is 1. The second-order valence-electron chi connectivity index (χ2n) is 6.79. The van der Waals surface area contributed by atoms with Gasteiger partial charge in [-0.15, -0.1) is 11.8 Å². The summed E-state index contributed by atoms with van der Waals surface area (Å²) >= 11 is 7.39. The molecule has 1 N–H and O–H groups in total. The summed E-state index contributed by atoms with van der Waals surface area (Å²) in [5.41, 5.74) is 5.71. The third kappa shape index (κ3) is 6.94. The molecule has 0 spiro atoms. The molecule has 6 heteroatoms. The van der Waals surface area contributed by atoms with Gasteiger partial charge in [-0.1, -0.05) is 41.4 Å². The molecule has 154 valence electrons. The molecule has 0 aliphatic carbocycles. The Morgan fingerprint density at radius 3 is 2.40 bits per heavy atom. The first-order valence-electron chi connectivity index (χ1n) is 9.53. The first-order valence-corrected chi connectivity index (χ1v) is 10.8. The van der Waals surface area contributed by atoms with E-state index in [2.05, 4.69) is 10.5 Å². The van der Waals surface area contributed by atoms with Crippen LogP contribution in [0.5, 0.6) is 5.75 Å². The third-order valence-corrected chi connectivity index (χ3v) is 5.65. The highest BCUT2D eigenvalue weighted by molar-refractivity contribution is 8.00. The lowest BCUT2D eigenvalue weighted by Gasteiger charge is -2.09. The zero-order valence-electron chi connectivity index (χ0n) is 16.8. The van der Waals surface area contributed by atoms with Crippen LogP contribution in [0.2, 0.25) is 5.02 Å². The number of halogens is 1. The number of nitrogens with one attached hydrogen (secondary N) is 1. The molecule has 30 heavy (non-hydrogen) atoms. The maximum Gasteiger partial charge on any atom is 0.253 e. The number of carbonyl (C=O) groups excluding carboxylic acids is 1. The predicted molar refractivity (Wildman–Crippen MR) is 124 cm³/mol. The molecule has 1 amide bonds. The van der Waals surface area contributed by atoms with Crippen molar-refractivity contribution in [2.75, 3.05) is 0 Å². The number of hydrazone groups is 1. The van der Waals surface area contributed by atoms with Crippen LogP contribution in [0.1, 0.15) is 23.6 Å². The van der Waals surface area contributed by atoms with E-state index in [0.717, 1.165) is 21.8 Å². The van der Waals surface area contributed by atoms with E-state index in [1.54, 1.807) is 6.21 Å². The Morgan fingerprint density at radius 1 is 1.07 bits per heavy atom. The van der Waals surface area contributed by atoms with Gasteiger partial charge in [0.1, 0.15) is 12.4 Å². The normalized spacial score (nSPS) is 12.0. The van der Waals surface area contributed by atoms with Crippen molar-refractivity contribution in [1.29, 1.82) is 0 Å². The van der Waals surface area contributed by atoms with Crippen molar-refractivity contribution in [2.24, 2.45) is 5.10 Å². The number of nitrogens with zero attached hydrogens (tertiary/aromatic N) is 1. The Morgan fingerprint density at radius 2 is 1.73 bits per heavy atom. The SMILES string of the molecule is Cc1ccc(S[C@@H](C)C(=O)N/N=C\c2ccc(OCc3ccc(Cl)cc3)cc2)cc1. The van der Waals surface area contributed by atoms with Crippen LogP contribution in [0, 0.1) is 6.92 Å². The van der Waals surface area contributed by atoms with Crippen molar-refractivity contribution < 1.29 is 9.53 Å². The Labute approximate surface area is 186 Å². The second kappa shape index (κ2) is 10.9. The zero-order chi connectivity index (χ0) is 21.3. The summed E-state index contributed by atoms with van der Waals surface area (Å²) in [6.07, 6.45) is 1.62. The predicted octanol–water partition coefficient (Wildman–Crippen LogP) is 5.86. The molecule has 3 aromatic carbocycles. The highest BCUT2D eigenvalue weighted by Gasteiger charge is 2.13. The summed E-state index contributed by atoms with van der Waals surface area (Å²) in [4.78, 5) is 13.3. The van der Waals surface area contributed by atoms with Crippen LogP contribution in [-0.2, 0) is 11.4 Å². The smallest absolute Gasteiger partial charge is 0.253 e. The van der Waals surface area contributed by atoms with Crippen LogP contribution in [0.3, 0.4) is 0 Å². The van der Waals surface area contributed by atoms with Gasteiger partial charge in [0.2, 0.25) is 0 Å². The minimum absolute atomic E-state index is 0.139. The number of carbonyl (C=O) groups is 1. The van der Waals surface area contributed by atoms with E-state index < -0.39 is 0 Å². The van der Waals surface area contributed by atoms with Gasteiger partial charge in [-0.2, -0.15) is 5.10 Å². The number of benzene rings is 3. The summed E-state index contributed by atoms with van der Waals surface area (Å²) in [5, 5.41) is 4.52. The van der Waals surface area contributed by atoms with Crippen molar-refractivity contribution in [3.05, 3.63) is 94.5 Å². The van der Waals surface area contributed by atoms with E-state index >= 15 is 0 Å². The van der Waals surface area contributed by atoms with E-state index in [4.69, 9.17) is 16.3 Å². The van der Waals surface area contributed by atoms with Crippen LogP contribution < -0.4 is 10.2 Å². The maximum absolute atomic E-state index is 12.2. The lowest BCUT2D eigenvalue weighted by Crippen LogP contribution is -2.26. The molecule has 0 aliphatic heterocycles. The Balaban J connectivity index is 1.45. The summed E-state index contributed by atoms with van der Waals surface area (Å²) in [6, 6.07) is 23.2. The van der Waals surface area contributed by atoms with Gasteiger partial charge in [0, 0.05) is 9.92 Å². The molecule has 0 saturated carbocycles. The largest absolute Gasteiger partial charge is 0.489 e. The molecule has 0 unspecified atom stereocenters. The minimum atomic E-state index is -0.242. The molecular formula is C24H23ClN2O2S. The fourth-order valence-corrected chi connectivity index (χ4v) is 3.52.